The summed E-state index contributed by atoms with van der Waals surface area (Å²) in [5, 5.41) is 5.96. The van der Waals surface area contributed by atoms with Gasteiger partial charge in [-0.3, -0.25) is 4.90 Å². The van der Waals surface area contributed by atoms with Crippen molar-refractivity contribution in [2.75, 3.05) is 25.0 Å². The largest absolute Gasteiger partial charge is 0.338 e. The van der Waals surface area contributed by atoms with Gasteiger partial charge in [0.05, 0.1) is 5.69 Å². The molecule has 144 valence electrons. The molecule has 0 aromatic heterocycles. The summed E-state index contributed by atoms with van der Waals surface area (Å²) in [4.78, 5) is 14.3. The van der Waals surface area contributed by atoms with Crippen molar-refractivity contribution in [1.29, 1.82) is 0 Å². The number of carbonyl (C=O) groups is 1. The van der Waals surface area contributed by atoms with Gasteiger partial charge in [0.2, 0.25) is 0 Å². The summed E-state index contributed by atoms with van der Waals surface area (Å²) in [5.74, 6) is -1.10. The van der Waals surface area contributed by atoms with Crippen molar-refractivity contribution >= 4 is 23.3 Å². The summed E-state index contributed by atoms with van der Waals surface area (Å²) in [6.07, 6.45) is 1.94. The summed E-state index contributed by atoms with van der Waals surface area (Å²) >= 11 is 6.21. The maximum Gasteiger partial charge on any atom is 0.319 e. The Bertz CT molecular complexity index is 795. The first kappa shape index (κ1) is 19.6. The van der Waals surface area contributed by atoms with Gasteiger partial charge >= 0.3 is 6.03 Å². The third kappa shape index (κ3) is 5.65. The monoisotopic (exact) mass is 393 g/mol. The van der Waals surface area contributed by atoms with Crippen LogP contribution in [0.15, 0.2) is 42.5 Å². The predicted molar refractivity (Wildman–Crippen MR) is 103 cm³/mol. The van der Waals surface area contributed by atoms with Crippen molar-refractivity contribution < 1.29 is 13.6 Å². The van der Waals surface area contributed by atoms with Crippen molar-refractivity contribution in [2.45, 2.75) is 19.4 Å². The number of hydrogen-bond donors (Lipinski definition) is 2. The number of amides is 2. The molecule has 0 aliphatic carbocycles. The smallest absolute Gasteiger partial charge is 0.319 e. The van der Waals surface area contributed by atoms with Gasteiger partial charge in [-0.05, 0) is 55.6 Å². The van der Waals surface area contributed by atoms with E-state index in [-0.39, 0.29) is 5.69 Å². The van der Waals surface area contributed by atoms with Crippen LogP contribution in [0.4, 0.5) is 19.3 Å². The highest BCUT2D eigenvalue weighted by Crippen LogP contribution is 2.22. The molecular weight excluding hydrogens is 372 g/mol. The van der Waals surface area contributed by atoms with Gasteiger partial charge in [0, 0.05) is 24.2 Å². The number of carbonyl (C=O) groups excluding carboxylic acids is 1. The van der Waals surface area contributed by atoms with Gasteiger partial charge in [-0.1, -0.05) is 29.8 Å². The first-order chi connectivity index (χ1) is 13.0. The van der Waals surface area contributed by atoms with Crippen molar-refractivity contribution in [1.82, 2.24) is 10.2 Å². The number of urea groups is 1. The number of benzene rings is 2. The van der Waals surface area contributed by atoms with E-state index in [1.165, 1.54) is 6.07 Å². The molecule has 2 amide bonds. The van der Waals surface area contributed by atoms with Gasteiger partial charge in [0.1, 0.15) is 11.6 Å². The topological polar surface area (TPSA) is 44.4 Å². The Kier molecular flexibility index (Phi) is 6.63. The van der Waals surface area contributed by atoms with E-state index < -0.39 is 17.7 Å². The Balaban J connectivity index is 1.40. The summed E-state index contributed by atoms with van der Waals surface area (Å²) in [5.41, 5.74) is 1.08. The van der Waals surface area contributed by atoms with E-state index in [4.69, 9.17) is 11.6 Å². The minimum absolute atomic E-state index is 0.0385. The fourth-order valence-corrected chi connectivity index (χ4v) is 3.41. The number of nitrogens with zero attached hydrogens (tertiary/aromatic N) is 1. The molecule has 2 N–H and O–H groups in total. The lowest BCUT2D eigenvalue weighted by Gasteiger charge is -2.32. The highest BCUT2D eigenvalue weighted by atomic mass is 35.5. The minimum atomic E-state index is -0.793. The van der Waals surface area contributed by atoms with E-state index in [0.717, 1.165) is 55.2 Å². The Labute approximate surface area is 162 Å². The van der Waals surface area contributed by atoms with Gasteiger partial charge in [0.25, 0.3) is 0 Å². The van der Waals surface area contributed by atoms with E-state index in [9.17, 15) is 13.6 Å². The second-order valence-corrected chi connectivity index (χ2v) is 7.18. The van der Waals surface area contributed by atoms with E-state index in [1.54, 1.807) is 0 Å². The molecule has 3 rings (SSSR count). The molecule has 1 aliphatic heterocycles. The molecule has 2 aromatic carbocycles. The molecule has 1 heterocycles. The van der Waals surface area contributed by atoms with Crippen LogP contribution >= 0.6 is 11.6 Å². The Morgan fingerprint density at radius 2 is 1.89 bits per heavy atom. The predicted octanol–water partition coefficient (Wildman–Crippen LogP) is 4.65. The second-order valence-electron chi connectivity index (χ2n) is 6.77. The number of rotatable bonds is 5. The highest BCUT2D eigenvalue weighted by molar-refractivity contribution is 6.31. The molecule has 0 bridgehead atoms. The molecule has 1 aliphatic rings. The molecule has 2 aromatic rings. The Morgan fingerprint density at radius 1 is 1.15 bits per heavy atom. The van der Waals surface area contributed by atoms with Gasteiger partial charge in [0.15, 0.2) is 0 Å². The second kappa shape index (κ2) is 9.15. The normalized spacial score (nSPS) is 15.5. The molecule has 1 fully saturated rings. The van der Waals surface area contributed by atoms with Crippen LogP contribution in [0, 0.1) is 17.6 Å². The maximum absolute atomic E-state index is 13.6. The summed E-state index contributed by atoms with van der Waals surface area (Å²) in [6, 6.07) is 10.4. The summed E-state index contributed by atoms with van der Waals surface area (Å²) < 4.78 is 26.4. The third-order valence-electron chi connectivity index (χ3n) is 4.79. The van der Waals surface area contributed by atoms with Crippen LogP contribution in [0.5, 0.6) is 0 Å². The van der Waals surface area contributed by atoms with E-state index >= 15 is 0 Å². The summed E-state index contributed by atoms with van der Waals surface area (Å²) in [7, 11) is 0. The van der Waals surface area contributed by atoms with Crippen LogP contribution in [0.2, 0.25) is 5.02 Å². The zero-order valence-electron chi connectivity index (χ0n) is 14.9. The zero-order chi connectivity index (χ0) is 19.2. The van der Waals surface area contributed by atoms with E-state index in [2.05, 4.69) is 15.5 Å². The fourth-order valence-electron chi connectivity index (χ4n) is 3.21. The standard InChI is InChI=1S/C20H22ClF2N3O/c21-17-4-2-1-3-15(17)13-26-9-7-14(8-10-26)12-24-20(27)25-19-6-5-16(22)11-18(19)23/h1-6,11,14H,7-10,12-13H2,(H2,24,25,27). The van der Waals surface area contributed by atoms with Gasteiger partial charge < -0.3 is 10.6 Å². The van der Waals surface area contributed by atoms with Gasteiger partial charge in [-0.25, -0.2) is 13.6 Å². The average Bonchev–Trinajstić information content (AvgIpc) is 2.65. The molecule has 0 radical (unpaired) electrons. The number of anilines is 1. The number of piperidine rings is 1. The molecular formula is C20H22ClF2N3O. The van der Waals surface area contributed by atoms with Crippen molar-refractivity contribution in [3.63, 3.8) is 0 Å². The molecule has 0 saturated carbocycles. The maximum atomic E-state index is 13.6. The van der Waals surface area contributed by atoms with Crippen LogP contribution in [0.3, 0.4) is 0 Å². The SMILES string of the molecule is O=C(NCC1CCN(Cc2ccccc2Cl)CC1)Nc1ccc(F)cc1F. The first-order valence-corrected chi connectivity index (χ1v) is 9.34. The zero-order valence-corrected chi connectivity index (χ0v) is 15.6. The average molecular weight is 394 g/mol. The van der Waals surface area contributed by atoms with Crippen LogP contribution in [0.25, 0.3) is 0 Å². The number of nitrogens with one attached hydrogen (secondary N) is 2. The quantitative estimate of drug-likeness (QED) is 0.776. The van der Waals surface area contributed by atoms with Crippen molar-refractivity contribution in [3.05, 3.63) is 64.7 Å². The Morgan fingerprint density at radius 3 is 2.59 bits per heavy atom. The van der Waals surface area contributed by atoms with Gasteiger partial charge in [-0.2, -0.15) is 0 Å². The molecule has 4 nitrogen and oxygen atoms in total. The molecule has 0 spiro atoms. The van der Waals surface area contributed by atoms with Crippen LogP contribution < -0.4 is 10.6 Å². The lowest BCUT2D eigenvalue weighted by atomic mass is 9.96. The van der Waals surface area contributed by atoms with E-state index in [0.29, 0.717) is 12.5 Å². The minimum Gasteiger partial charge on any atom is -0.338 e. The lowest BCUT2D eigenvalue weighted by Crippen LogP contribution is -2.39. The number of hydrogen-bond acceptors (Lipinski definition) is 2. The van der Waals surface area contributed by atoms with E-state index in [1.807, 2.05) is 24.3 Å². The lowest BCUT2D eigenvalue weighted by molar-refractivity contribution is 0.176. The molecule has 7 heteroatoms. The number of halogens is 3. The summed E-state index contributed by atoms with van der Waals surface area (Å²) in [6.45, 7) is 3.22. The van der Waals surface area contributed by atoms with Crippen LogP contribution in [-0.2, 0) is 6.54 Å². The number of likely N-dealkylation sites (tertiary alicyclic amines) is 1. The molecule has 0 atom stereocenters. The Hall–Kier alpha value is -2.18. The van der Waals surface area contributed by atoms with Gasteiger partial charge in [-0.15, -0.1) is 0 Å². The van der Waals surface area contributed by atoms with Crippen molar-refractivity contribution in [2.24, 2.45) is 5.92 Å². The highest BCUT2D eigenvalue weighted by Gasteiger charge is 2.20. The van der Waals surface area contributed by atoms with Crippen molar-refractivity contribution in [3.8, 4) is 0 Å². The third-order valence-corrected chi connectivity index (χ3v) is 5.16. The first-order valence-electron chi connectivity index (χ1n) is 8.97. The molecule has 0 unspecified atom stereocenters. The molecule has 27 heavy (non-hydrogen) atoms. The molecule has 1 saturated heterocycles. The fraction of sp³-hybridized carbons (Fsp3) is 0.350. The van der Waals surface area contributed by atoms with Crippen LogP contribution in [-0.4, -0.2) is 30.6 Å². The van der Waals surface area contributed by atoms with Crippen LogP contribution in [0.1, 0.15) is 18.4 Å².